The van der Waals surface area contributed by atoms with Crippen molar-refractivity contribution in [3.63, 3.8) is 0 Å². The molecule has 1 aliphatic heterocycles. The minimum absolute atomic E-state index is 0.0130. The summed E-state index contributed by atoms with van der Waals surface area (Å²) in [5.41, 5.74) is 1.30. The number of rotatable bonds is 3. The summed E-state index contributed by atoms with van der Waals surface area (Å²) in [7, 11) is 0. The minimum Gasteiger partial charge on any atom is -0.381 e. The van der Waals surface area contributed by atoms with E-state index in [-0.39, 0.29) is 5.92 Å². The van der Waals surface area contributed by atoms with Gasteiger partial charge < -0.3 is 9.53 Å². The highest BCUT2D eigenvalue weighted by Crippen LogP contribution is 2.10. The number of carbonyl (C=O) groups excluding carboxylic acids is 1. The summed E-state index contributed by atoms with van der Waals surface area (Å²) in [6.45, 7) is 4.05. The summed E-state index contributed by atoms with van der Waals surface area (Å²) < 4.78 is 5.42. The van der Waals surface area contributed by atoms with Gasteiger partial charge in [-0.15, -0.1) is 0 Å². The van der Waals surface area contributed by atoms with Crippen molar-refractivity contribution >= 4 is 6.29 Å². The molecule has 1 aromatic rings. The fourth-order valence-electron chi connectivity index (χ4n) is 2.17. The maximum Gasteiger partial charge on any atom is 0.126 e. The van der Waals surface area contributed by atoms with Crippen LogP contribution >= 0.6 is 0 Å². The molecule has 0 saturated carbocycles. The molecule has 0 amide bonds. The van der Waals surface area contributed by atoms with Crippen LogP contribution in [-0.2, 0) is 16.1 Å². The Morgan fingerprint density at radius 3 is 2.94 bits per heavy atom. The van der Waals surface area contributed by atoms with Gasteiger partial charge in [-0.25, -0.2) is 0 Å². The molecule has 3 nitrogen and oxygen atoms in total. The van der Waals surface area contributed by atoms with Crippen molar-refractivity contribution in [2.24, 2.45) is 5.92 Å². The standard InChI is InChI=1S/C14H19NO2/c16-11-14-10-15(7-4-8-17-12-14)9-13-5-2-1-3-6-13/h1-3,5-6,11,14H,4,7-10,12H2. The predicted molar refractivity (Wildman–Crippen MR) is 66.7 cm³/mol. The van der Waals surface area contributed by atoms with Crippen molar-refractivity contribution in [1.82, 2.24) is 4.90 Å². The first kappa shape index (κ1) is 12.3. The van der Waals surface area contributed by atoms with Crippen molar-refractivity contribution in [3.8, 4) is 0 Å². The summed E-state index contributed by atoms with van der Waals surface area (Å²) in [6, 6.07) is 10.4. The van der Waals surface area contributed by atoms with Gasteiger partial charge in [-0.3, -0.25) is 4.90 Å². The van der Waals surface area contributed by atoms with E-state index in [9.17, 15) is 4.79 Å². The second kappa shape index (κ2) is 6.52. The monoisotopic (exact) mass is 233 g/mol. The average Bonchev–Trinajstić information content (AvgIpc) is 2.34. The Kier molecular flexibility index (Phi) is 4.71. The molecule has 92 valence electrons. The van der Waals surface area contributed by atoms with E-state index in [1.165, 1.54) is 5.56 Å². The molecular formula is C14H19NO2. The van der Waals surface area contributed by atoms with E-state index >= 15 is 0 Å². The fourth-order valence-corrected chi connectivity index (χ4v) is 2.17. The van der Waals surface area contributed by atoms with Gasteiger partial charge in [0, 0.05) is 26.2 Å². The molecule has 1 atom stereocenters. The van der Waals surface area contributed by atoms with Crippen molar-refractivity contribution in [2.45, 2.75) is 13.0 Å². The van der Waals surface area contributed by atoms with Crippen LogP contribution in [0.15, 0.2) is 30.3 Å². The molecule has 0 N–H and O–H groups in total. The van der Waals surface area contributed by atoms with Gasteiger partial charge in [-0.2, -0.15) is 0 Å². The number of carbonyl (C=O) groups is 1. The van der Waals surface area contributed by atoms with E-state index in [1.807, 2.05) is 6.07 Å². The molecule has 17 heavy (non-hydrogen) atoms. The molecule has 0 aromatic heterocycles. The van der Waals surface area contributed by atoms with Gasteiger partial charge in [0.2, 0.25) is 0 Å². The van der Waals surface area contributed by atoms with Crippen LogP contribution in [0.4, 0.5) is 0 Å². The van der Waals surface area contributed by atoms with Gasteiger partial charge in [0.1, 0.15) is 6.29 Å². The molecule has 1 heterocycles. The van der Waals surface area contributed by atoms with Crippen LogP contribution in [0.25, 0.3) is 0 Å². The quantitative estimate of drug-likeness (QED) is 0.745. The fraction of sp³-hybridized carbons (Fsp3) is 0.500. The van der Waals surface area contributed by atoms with E-state index in [1.54, 1.807) is 0 Å². The van der Waals surface area contributed by atoms with Crippen LogP contribution in [-0.4, -0.2) is 37.5 Å². The van der Waals surface area contributed by atoms with E-state index < -0.39 is 0 Å². The second-order valence-electron chi connectivity index (χ2n) is 4.55. The molecule has 1 unspecified atom stereocenters. The van der Waals surface area contributed by atoms with Gasteiger partial charge in [-0.1, -0.05) is 30.3 Å². The Labute approximate surface area is 102 Å². The topological polar surface area (TPSA) is 29.5 Å². The van der Waals surface area contributed by atoms with Crippen LogP contribution in [0.1, 0.15) is 12.0 Å². The molecule has 1 fully saturated rings. The summed E-state index contributed by atoms with van der Waals surface area (Å²) >= 11 is 0. The van der Waals surface area contributed by atoms with E-state index in [4.69, 9.17) is 4.74 Å². The first-order chi connectivity index (χ1) is 8.38. The summed E-state index contributed by atoms with van der Waals surface area (Å²) in [5, 5.41) is 0. The number of ether oxygens (including phenoxy) is 1. The highest BCUT2D eigenvalue weighted by Gasteiger charge is 2.16. The lowest BCUT2D eigenvalue weighted by molar-refractivity contribution is -0.114. The molecule has 1 aliphatic rings. The second-order valence-corrected chi connectivity index (χ2v) is 4.55. The van der Waals surface area contributed by atoms with Crippen LogP contribution in [0.3, 0.4) is 0 Å². The van der Waals surface area contributed by atoms with Crippen molar-refractivity contribution in [3.05, 3.63) is 35.9 Å². The van der Waals surface area contributed by atoms with Crippen molar-refractivity contribution in [1.29, 1.82) is 0 Å². The third-order valence-corrected chi connectivity index (χ3v) is 3.03. The number of aldehydes is 1. The Hall–Kier alpha value is -1.19. The molecule has 2 rings (SSSR count). The smallest absolute Gasteiger partial charge is 0.126 e. The normalized spacial score (nSPS) is 22.7. The van der Waals surface area contributed by atoms with E-state index in [2.05, 4.69) is 29.2 Å². The highest BCUT2D eigenvalue weighted by molar-refractivity contribution is 5.54. The number of hydrogen-bond donors (Lipinski definition) is 0. The molecule has 0 bridgehead atoms. The Morgan fingerprint density at radius 2 is 2.18 bits per heavy atom. The maximum atomic E-state index is 10.9. The van der Waals surface area contributed by atoms with Crippen LogP contribution in [0.5, 0.6) is 0 Å². The number of nitrogens with zero attached hydrogens (tertiary/aromatic N) is 1. The van der Waals surface area contributed by atoms with Crippen LogP contribution < -0.4 is 0 Å². The lowest BCUT2D eigenvalue weighted by Gasteiger charge is -2.27. The predicted octanol–water partition coefficient (Wildman–Crippen LogP) is 1.72. The zero-order chi connectivity index (χ0) is 11.9. The van der Waals surface area contributed by atoms with Gasteiger partial charge in [0.05, 0.1) is 12.5 Å². The lowest BCUT2D eigenvalue weighted by atomic mass is 10.1. The summed E-state index contributed by atoms with van der Waals surface area (Å²) in [5.74, 6) is 0.0130. The van der Waals surface area contributed by atoms with E-state index in [0.29, 0.717) is 6.61 Å². The third kappa shape index (κ3) is 3.95. The maximum absolute atomic E-state index is 10.9. The van der Waals surface area contributed by atoms with Crippen molar-refractivity contribution < 1.29 is 9.53 Å². The molecule has 1 aromatic carbocycles. The molecule has 0 radical (unpaired) electrons. The largest absolute Gasteiger partial charge is 0.381 e. The third-order valence-electron chi connectivity index (χ3n) is 3.03. The van der Waals surface area contributed by atoms with Crippen LogP contribution in [0.2, 0.25) is 0 Å². The van der Waals surface area contributed by atoms with Crippen LogP contribution in [0, 0.1) is 5.92 Å². The SMILES string of the molecule is O=CC1COCCCN(Cc2ccccc2)C1. The Balaban J connectivity index is 1.95. The molecule has 0 aliphatic carbocycles. The van der Waals surface area contributed by atoms with Gasteiger partial charge in [0.25, 0.3) is 0 Å². The molecule has 3 heteroatoms. The molecule has 0 spiro atoms. The number of hydrogen-bond acceptors (Lipinski definition) is 3. The zero-order valence-corrected chi connectivity index (χ0v) is 10.0. The Bertz CT molecular complexity index is 339. The minimum atomic E-state index is 0.0130. The van der Waals surface area contributed by atoms with Gasteiger partial charge >= 0.3 is 0 Å². The van der Waals surface area contributed by atoms with Crippen molar-refractivity contribution in [2.75, 3.05) is 26.3 Å². The average molecular weight is 233 g/mol. The Morgan fingerprint density at radius 1 is 1.35 bits per heavy atom. The summed E-state index contributed by atoms with van der Waals surface area (Å²) in [6.07, 6.45) is 2.06. The van der Waals surface area contributed by atoms with E-state index in [0.717, 1.165) is 38.9 Å². The molecule has 1 saturated heterocycles. The first-order valence-electron chi connectivity index (χ1n) is 6.18. The van der Waals surface area contributed by atoms with Gasteiger partial charge in [0.15, 0.2) is 0 Å². The first-order valence-corrected chi connectivity index (χ1v) is 6.18. The molecular weight excluding hydrogens is 214 g/mol. The summed E-state index contributed by atoms with van der Waals surface area (Å²) in [4.78, 5) is 13.3. The zero-order valence-electron chi connectivity index (χ0n) is 10.0. The highest BCUT2D eigenvalue weighted by atomic mass is 16.5. The van der Waals surface area contributed by atoms with Gasteiger partial charge in [-0.05, 0) is 12.0 Å². The lowest BCUT2D eigenvalue weighted by Crippen LogP contribution is -2.35. The number of benzene rings is 1.